The van der Waals surface area contributed by atoms with E-state index in [1.165, 1.54) is 0 Å². The number of nitriles is 1. The molecule has 6 nitrogen and oxygen atoms in total. The van der Waals surface area contributed by atoms with Gasteiger partial charge in [-0.25, -0.2) is 0 Å². The van der Waals surface area contributed by atoms with Gasteiger partial charge in [0.05, 0.1) is 6.61 Å². The third kappa shape index (κ3) is 4.15. The molecule has 1 N–H and O–H groups in total. The number of aromatic nitrogens is 2. The van der Waals surface area contributed by atoms with E-state index < -0.39 is 0 Å². The van der Waals surface area contributed by atoms with Crippen molar-refractivity contribution in [3.05, 3.63) is 60.0 Å². The Morgan fingerprint density at radius 2 is 2.08 bits per heavy atom. The van der Waals surface area contributed by atoms with E-state index in [1.54, 1.807) is 12.4 Å². The standard InChI is InChI=1S/C19H18N4O2/c1-2-10-24-16-7-5-15(6-8-16)18-23-17(11-20)19(25-18)22-13-14-4-3-9-21-12-14/h3-9,12,22H,2,10,13H2,1H3. The Kier molecular flexibility index (Phi) is 5.27. The first kappa shape index (κ1) is 16.5. The average molecular weight is 334 g/mol. The van der Waals surface area contributed by atoms with Crippen LogP contribution in [0.4, 0.5) is 5.88 Å². The largest absolute Gasteiger partial charge is 0.494 e. The summed E-state index contributed by atoms with van der Waals surface area (Å²) in [5.41, 5.74) is 2.00. The molecule has 6 heteroatoms. The molecule has 2 aromatic heterocycles. The van der Waals surface area contributed by atoms with Crippen molar-refractivity contribution >= 4 is 5.88 Å². The van der Waals surface area contributed by atoms with Crippen molar-refractivity contribution in [3.8, 4) is 23.3 Å². The van der Waals surface area contributed by atoms with Crippen LogP contribution in [0.1, 0.15) is 24.6 Å². The summed E-state index contributed by atoms with van der Waals surface area (Å²) in [5, 5.41) is 12.4. The zero-order valence-corrected chi connectivity index (χ0v) is 13.9. The molecule has 0 fully saturated rings. The first-order valence-electron chi connectivity index (χ1n) is 8.07. The molecule has 3 rings (SSSR count). The lowest BCUT2D eigenvalue weighted by Crippen LogP contribution is -1.99. The minimum atomic E-state index is 0.227. The van der Waals surface area contributed by atoms with Crippen molar-refractivity contribution < 1.29 is 9.15 Å². The number of nitrogens with zero attached hydrogens (tertiary/aromatic N) is 3. The Balaban J connectivity index is 1.74. The topological polar surface area (TPSA) is 84.0 Å². The summed E-state index contributed by atoms with van der Waals surface area (Å²) in [6.45, 7) is 3.24. The molecule has 126 valence electrons. The van der Waals surface area contributed by atoms with Crippen LogP contribution in [0.5, 0.6) is 5.75 Å². The molecule has 3 aromatic rings. The van der Waals surface area contributed by atoms with Crippen LogP contribution in [-0.4, -0.2) is 16.6 Å². The summed E-state index contributed by atoms with van der Waals surface area (Å²) in [4.78, 5) is 8.32. The van der Waals surface area contributed by atoms with Gasteiger partial charge in [-0.05, 0) is 42.3 Å². The van der Waals surface area contributed by atoms with Gasteiger partial charge in [-0.3, -0.25) is 4.98 Å². The molecule has 25 heavy (non-hydrogen) atoms. The Labute approximate surface area is 146 Å². The molecule has 0 aliphatic heterocycles. The predicted molar refractivity (Wildman–Crippen MR) is 94.0 cm³/mol. The maximum atomic E-state index is 9.27. The number of oxazole rings is 1. The monoisotopic (exact) mass is 334 g/mol. The first-order chi connectivity index (χ1) is 12.3. The average Bonchev–Trinajstić information content (AvgIpc) is 3.09. The molecule has 0 amide bonds. The summed E-state index contributed by atoms with van der Waals surface area (Å²) in [5.74, 6) is 1.55. The van der Waals surface area contributed by atoms with Crippen LogP contribution in [0.25, 0.3) is 11.5 Å². The number of hydrogen-bond donors (Lipinski definition) is 1. The first-order valence-corrected chi connectivity index (χ1v) is 8.07. The number of pyridine rings is 1. The fourth-order valence-electron chi connectivity index (χ4n) is 2.24. The zero-order valence-electron chi connectivity index (χ0n) is 13.9. The maximum absolute atomic E-state index is 9.27. The molecule has 0 aliphatic rings. The molecular weight excluding hydrogens is 316 g/mol. The van der Waals surface area contributed by atoms with Gasteiger partial charge in [-0.15, -0.1) is 0 Å². The third-order valence-electron chi connectivity index (χ3n) is 3.48. The van der Waals surface area contributed by atoms with E-state index in [-0.39, 0.29) is 5.69 Å². The summed E-state index contributed by atoms with van der Waals surface area (Å²) in [6.07, 6.45) is 4.43. The van der Waals surface area contributed by atoms with E-state index >= 15 is 0 Å². The van der Waals surface area contributed by atoms with Crippen molar-refractivity contribution in [2.24, 2.45) is 0 Å². The van der Waals surface area contributed by atoms with Crippen LogP contribution in [-0.2, 0) is 6.54 Å². The Morgan fingerprint density at radius 3 is 2.76 bits per heavy atom. The van der Waals surface area contributed by atoms with Crippen molar-refractivity contribution in [2.75, 3.05) is 11.9 Å². The molecule has 0 aliphatic carbocycles. The predicted octanol–water partition coefficient (Wildman–Crippen LogP) is 4.01. The van der Waals surface area contributed by atoms with Crippen molar-refractivity contribution in [2.45, 2.75) is 19.9 Å². The minimum absolute atomic E-state index is 0.227. The normalized spacial score (nSPS) is 10.2. The highest BCUT2D eigenvalue weighted by atomic mass is 16.5. The van der Waals surface area contributed by atoms with Crippen LogP contribution in [0.3, 0.4) is 0 Å². The van der Waals surface area contributed by atoms with Crippen LogP contribution < -0.4 is 10.1 Å². The number of anilines is 1. The highest BCUT2D eigenvalue weighted by Crippen LogP contribution is 2.27. The number of nitrogens with one attached hydrogen (secondary N) is 1. The minimum Gasteiger partial charge on any atom is -0.494 e. The molecule has 0 bridgehead atoms. The molecule has 0 saturated heterocycles. The lowest BCUT2D eigenvalue weighted by Gasteiger charge is -2.04. The Morgan fingerprint density at radius 1 is 1.24 bits per heavy atom. The van der Waals surface area contributed by atoms with Gasteiger partial charge < -0.3 is 14.5 Å². The summed E-state index contributed by atoms with van der Waals surface area (Å²) >= 11 is 0. The van der Waals surface area contributed by atoms with Crippen molar-refractivity contribution in [1.29, 1.82) is 5.26 Å². The van der Waals surface area contributed by atoms with Crippen LogP contribution in [0.2, 0.25) is 0 Å². The molecule has 2 heterocycles. The second-order valence-corrected chi connectivity index (χ2v) is 5.40. The van der Waals surface area contributed by atoms with Gasteiger partial charge in [0.1, 0.15) is 11.8 Å². The van der Waals surface area contributed by atoms with Gasteiger partial charge in [0.2, 0.25) is 17.5 Å². The lowest BCUT2D eigenvalue weighted by molar-refractivity contribution is 0.317. The van der Waals surface area contributed by atoms with Gasteiger partial charge >= 0.3 is 0 Å². The van der Waals surface area contributed by atoms with Gasteiger partial charge in [-0.2, -0.15) is 10.2 Å². The van der Waals surface area contributed by atoms with E-state index in [2.05, 4.69) is 28.3 Å². The van der Waals surface area contributed by atoms with Crippen LogP contribution >= 0.6 is 0 Å². The molecule has 0 saturated carbocycles. The molecule has 0 spiro atoms. The summed E-state index contributed by atoms with van der Waals surface area (Å²) in [6, 6.07) is 13.3. The third-order valence-corrected chi connectivity index (χ3v) is 3.48. The molecule has 1 aromatic carbocycles. The fourth-order valence-corrected chi connectivity index (χ4v) is 2.24. The lowest BCUT2D eigenvalue weighted by atomic mass is 10.2. The van der Waals surface area contributed by atoms with Gasteiger partial charge in [0, 0.05) is 24.5 Å². The van der Waals surface area contributed by atoms with E-state index in [1.807, 2.05) is 36.4 Å². The van der Waals surface area contributed by atoms with Crippen molar-refractivity contribution in [3.63, 3.8) is 0 Å². The smallest absolute Gasteiger partial charge is 0.232 e. The van der Waals surface area contributed by atoms with Gasteiger partial charge in [0.25, 0.3) is 0 Å². The molecule has 0 unspecified atom stereocenters. The van der Waals surface area contributed by atoms with E-state index in [4.69, 9.17) is 9.15 Å². The fraction of sp³-hybridized carbons (Fsp3) is 0.211. The van der Waals surface area contributed by atoms with E-state index in [0.29, 0.717) is 24.9 Å². The van der Waals surface area contributed by atoms with Crippen LogP contribution in [0, 0.1) is 11.3 Å². The van der Waals surface area contributed by atoms with E-state index in [0.717, 1.165) is 23.3 Å². The Hall–Kier alpha value is -3.33. The summed E-state index contributed by atoms with van der Waals surface area (Å²) < 4.78 is 11.3. The van der Waals surface area contributed by atoms with Crippen LogP contribution in [0.15, 0.2) is 53.2 Å². The van der Waals surface area contributed by atoms with Gasteiger partial charge in [0.15, 0.2) is 0 Å². The van der Waals surface area contributed by atoms with E-state index in [9.17, 15) is 5.26 Å². The number of benzene rings is 1. The quantitative estimate of drug-likeness (QED) is 0.703. The maximum Gasteiger partial charge on any atom is 0.232 e. The van der Waals surface area contributed by atoms with Gasteiger partial charge in [-0.1, -0.05) is 13.0 Å². The number of rotatable bonds is 7. The second-order valence-electron chi connectivity index (χ2n) is 5.40. The highest BCUT2D eigenvalue weighted by molar-refractivity contribution is 5.59. The molecule has 0 radical (unpaired) electrons. The highest BCUT2D eigenvalue weighted by Gasteiger charge is 2.14. The zero-order chi connectivity index (χ0) is 17.5. The molecule has 0 atom stereocenters. The summed E-state index contributed by atoms with van der Waals surface area (Å²) in [7, 11) is 0. The van der Waals surface area contributed by atoms with Crippen molar-refractivity contribution in [1.82, 2.24) is 9.97 Å². The molecular formula is C19H18N4O2. The second kappa shape index (κ2) is 7.97. The Bertz CT molecular complexity index is 851. The number of ether oxygens (including phenoxy) is 1. The number of hydrogen-bond acceptors (Lipinski definition) is 6. The SMILES string of the molecule is CCCOc1ccc(-c2nc(C#N)c(NCc3cccnc3)o2)cc1.